The van der Waals surface area contributed by atoms with E-state index < -0.39 is 11.5 Å². The van der Waals surface area contributed by atoms with E-state index in [1.165, 1.54) is 89.9 Å². The monoisotopic (exact) mass is 459 g/mol. The van der Waals surface area contributed by atoms with Crippen molar-refractivity contribution in [3.63, 3.8) is 0 Å². The van der Waals surface area contributed by atoms with Crippen LogP contribution in [0.4, 0.5) is 0 Å². The number of carbonyl (C=O) groups is 1. The Kier molecular flexibility index (Phi) is 15.4. The lowest BCUT2D eigenvalue weighted by atomic mass is 9.82. The van der Waals surface area contributed by atoms with Crippen LogP contribution in [0, 0.1) is 0 Å². The third-order valence-corrected chi connectivity index (χ3v) is 7.45. The average Bonchev–Trinajstić information content (AvgIpc) is 2.77. The number of unbranched alkanes of at least 4 members (excludes halogenated alkanes) is 15. The number of quaternary nitrogens is 1. The number of benzene rings is 1. The molecule has 0 bridgehead atoms. The lowest BCUT2D eigenvalue weighted by Gasteiger charge is -2.47. The molecule has 190 valence electrons. The summed E-state index contributed by atoms with van der Waals surface area (Å²) in [6.45, 7) is 2.28. The van der Waals surface area contributed by atoms with Crippen LogP contribution in [0.25, 0.3) is 0 Å². The Morgan fingerprint density at radius 2 is 1.09 bits per heavy atom. The lowest BCUT2D eigenvalue weighted by Crippen LogP contribution is -2.67. The molecule has 0 aliphatic rings. The third kappa shape index (κ3) is 12.1. The molecular weight excluding hydrogens is 406 g/mol. The average molecular weight is 460 g/mol. The molecule has 0 saturated heterocycles. The molecular formula is C30H53NO2. The maximum atomic E-state index is 12.3. The van der Waals surface area contributed by atoms with Crippen LogP contribution < -0.4 is 5.11 Å². The molecule has 0 aliphatic heterocycles. The van der Waals surface area contributed by atoms with Crippen LogP contribution in [0.2, 0.25) is 0 Å². The van der Waals surface area contributed by atoms with E-state index in [0.717, 1.165) is 18.4 Å². The number of carbonyl (C=O) groups excluding carboxylic acids is 1. The van der Waals surface area contributed by atoms with Crippen molar-refractivity contribution < 1.29 is 14.4 Å². The predicted octanol–water partition coefficient (Wildman–Crippen LogP) is 7.08. The van der Waals surface area contributed by atoms with Crippen molar-refractivity contribution in [2.45, 2.75) is 128 Å². The van der Waals surface area contributed by atoms with E-state index in [0.29, 0.717) is 17.3 Å². The summed E-state index contributed by atoms with van der Waals surface area (Å²) < 4.78 is 0.392. The molecule has 1 unspecified atom stereocenters. The number of nitrogens with zero attached hydrogens (tertiary/aromatic N) is 1. The first kappa shape index (κ1) is 29.7. The van der Waals surface area contributed by atoms with Crippen LogP contribution >= 0.6 is 0 Å². The van der Waals surface area contributed by atoms with E-state index >= 15 is 0 Å². The lowest BCUT2D eigenvalue weighted by molar-refractivity contribution is -0.916. The quantitative estimate of drug-likeness (QED) is 0.146. The Morgan fingerprint density at radius 3 is 1.45 bits per heavy atom. The summed E-state index contributed by atoms with van der Waals surface area (Å²) in [5, 5.41) is 12.3. The van der Waals surface area contributed by atoms with Gasteiger partial charge in [-0.15, -0.1) is 0 Å². The number of likely N-dealkylation sites (N-methyl/N-ethyl adjacent to an activating group) is 1. The number of carboxylic acid groups (broad SMARTS) is 1. The van der Waals surface area contributed by atoms with Gasteiger partial charge in [-0.2, -0.15) is 0 Å². The zero-order chi connectivity index (χ0) is 24.4. The molecule has 3 nitrogen and oxygen atoms in total. The SMILES string of the molecule is CCCCCCCCCCCCCCCCCCC(Cc1ccccc1)(C(=O)[O-])[N+](C)(C)C. The van der Waals surface area contributed by atoms with Gasteiger partial charge in [0.15, 0.2) is 0 Å². The van der Waals surface area contributed by atoms with Gasteiger partial charge < -0.3 is 14.4 Å². The van der Waals surface area contributed by atoms with E-state index in [1.54, 1.807) is 0 Å². The predicted molar refractivity (Wildman–Crippen MR) is 140 cm³/mol. The van der Waals surface area contributed by atoms with Crippen LogP contribution in [-0.2, 0) is 11.2 Å². The van der Waals surface area contributed by atoms with Gasteiger partial charge >= 0.3 is 0 Å². The molecule has 0 aliphatic carbocycles. The minimum absolute atomic E-state index is 0.392. The van der Waals surface area contributed by atoms with Crippen molar-refractivity contribution in [3.8, 4) is 0 Å². The molecule has 0 saturated carbocycles. The van der Waals surface area contributed by atoms with Gasteiger partial charge in [0, 0.05) is 12.8 Å². The van der Waals surface area contributed by atoms with Crippen LogP contribution in [0.15, 0.2) is 30.3 Å². The highest BCUT2D eigenvalue weighted by Crippen LogP contribution is 2.30. The van der Waals surface area contributed by atoms with Crippen molar-refractivity contribution in [2.24, 2.45) is 0 Å². The highest BCUT2D eigenvalue weighted by molar-refractivity contribution is 5.75. The zero-order valence-electron chi connectivity index (χ0n) is 22.4. The second-order valence-corrected chi connectivity index (χ2v) is 11.0. The molecule has 0 spiro atoms. The first-order chi connectivity index (χ1) is 15.8. The van der Waals surface area contributed by atoms with Crippen LogP contribution in [0.1, 0.15) is 122 Å². The second-order valence-electron chi connectivity index (χ2n) is 11.0. The van der Waals surface area contributed by atoms with Crippen LogP contribution in [0.5, 0.6) is 0 Å². The molecule has 0 heterocycles. The fourth-order valence-electron chi connectivity index (χ4n) is 5.01. The fourth-order valence-corrected chi connectivity index (χ4v) is 5.01. The van der Waals surface area contributed by atoms with E-state index in [9.17, 15) is 9.90 Å². The van der Waals surface area contributed by atoms with E-state index in [1.807, 2.05) is 51.5 Å². The summed E-state index contributed by atoms with van der Waals surface area (Å²) in [5.41, 5.74) is 0.198. The summed E-state index contributed by atoms with van der Waals surface area (Å²) in [5.74, 6) is -0.917. The molecule has 0 N–H and O–H groups in total. The summed E-state index contributed by atoms with van der Waals surface area (Å²) in [6, 6.07) is 10.0. The van der Waals surface area contributed by atoms with Crippen molar-refractivity contribution in [2.75, 3.05) is 21.1 Å². The van der Waals surface area contributed by atoms with Gasteiger partial charge in [0.1, 0.15) is 11.5 Å². The van der Waals surface area contributed by atoms with E-state index in [2.05, 4.69) is 6.92 Å². The topological polar surface area (TPSA) is 40.1 Å². The number of hydrogen-bond donors (Lipinski definition) is 0. The summed E-state index contributed by atoms with van der Waals surface area (Å²) in [6.07, 6.45) is 22.5. The minimum Gasteiger partial charge on any atom is -0.544 e. The zero-order valence-corrected chi connectivity index (χ0v) is 22.4. The Hall–Kier alpha value is -1.35. The van der Waals surface area contributed by atoms with E-state index in [-0.39, 0.29) is 0 Å². The minimum atomic E-state index is -0.917. The van der Waals surface area contributed by atoms with Crippen molar-refractivity contribution in [1.82, 2.24) is 0 Å². The largest absolute Gasteiger partial charge is 0.544 e. The highest BCUT2D eigenvalue weighted by Gasteiger charge is 2.44. The molecule has 0 aromatic heterocycles. The van der Waals surface area contributed by atoms with Crippen LogP contribution in [0.3, 0.4) is 0 Å². The number of carboxylic acids is 1. The fraction of sp³-hybridized carbons (Fsp3) is 0.767. The molecule has 33 heavy (non-hydrogen) atoms. The van der Waals surface area contributed by atoms with E-state index in [4.69, 9.17) is 0 Å². The maximum absolute atomic E-state index is 12.3. The van der Waals surface area contributed by atoms with Gasteiger partial charge in [0.05, 0.1) is 21.1 Å². The second kappa shape index (κ2) is 17.1. The Balaban J connectivity index is 2.18. The molecule has 3 heteroatoms. The summed E-state index contributed by atoms with van der Waals surface area (Å²) >= 11 is 0. The standard InChI is InChI=1S/C30H53NO2/c1-5-6-7-8-9-10-11-12-13-14-15-16-17-18-19-23-26-30(29(32)33,31(2,3)4)27-28-24-21-20-22-25-28/h20-22,24-25H,5-19,23,26-27H2,1-4H3. The van der Waals surface area contributed by atoms with Gasteiger partial charge in [0.25, 0.3) is 0 Å². The van der Waals surface area contributed by atoms with Gasteiger partial charge in [-0.25, -0.2) is 0 Å². The van der Waals surface area contributed by atoms with Crippen molar-refractivity contribution in [3.05, 3.63) is 35.9 Å². The van der Waals surface area contributed by atoms with Crippen molar-refractivity contribution >= 4 is 5.97 Å². The molecule has 1 atom stereocenters. The van der Waals surface area contributed by atoms with Crippen molar-refractivity contribution in [1.29, 1.82) is 0 Å². The first-order valence-electron chi connectivity index (χ1n) is 13.9. The van der Waals surface area contributed by atoms with Gasteiger partial charge in [-0.1, -0.05) is 134 Å². The normalized spacial score (nSPS) is 13.7. The Morgan fingerprint density at radius 1 is 0.697 bits per heavy atom. The summed E-state index contributed by atoms with van der Waals surface area (Å²) in [4.78, 5) is 12.3. The molecule has 1 aromatic rings. The summed E-state index contributed by atoms with van der Waals surface area (Å²) in [7, 11) is 5.97. The Bertz CT molecular complexity index is 607. The van der Waals surface area contributed by atoms with Crippen LogP contribution in [-0.4, -0.2) is 37.1 Å². The number of aliphatic carboxylic acids is 1. The third-order valence-electron chi connectivity index (χ3n) is 7.45. The smallest absolute Gasteiger partial charge is 0.143 e. The molecule has 0 fully saturated rings. The molecule has 1 rings (SSSR count). The molecule has 0 radical (unpaired) electrons. The highest BCUT2D eigenvalue weighted by atomic mass is 16.4. The van der Waals surface area contributed by atoms with Gasteiger partial charge in [-0.3, -0.25) is 0 Å². The first-order valence-corrected chi connectivity index (χ1v) is 13.9. The Labute approximate surface area is 205 Å². The van der Waals surface area contributed by atoms with Gasteiger partial charge in [-0.05, 0) is 12.0 Å². The number of rotatable bonds is 21. The number of hydrogen-bond acceptors (Lipinski definition) is 2. The maximum Gasteiger partial charge on any atom is 0.143 e. The molecule has 0 amide bonds. The van der Waals surface area contributed by atoms with Gasteiger partial charge in [0.2, 0.25) is 0 Å². The molecule has 1 aromatic carbocycles.